The summed E-state index contributed by atoms with van der Waals surface area (Å²) in [6.07, 6.45) is 0. The first-order chi connectivity index (χ1) is 9.32. The van der Waals surface area contributed by atoms with E-state index in [1.807, 2.05) is 0 Å². The maximum absolute atomic E-state index is 11.9. The van der Waals surface area contributed by atoms with Gasteiger partial charge >= 0.3 is 5.97 Å². The lowest BCUT2D eigenvalue weighted by Crippen LogP contribution is -2.34. The predicted molar refractivity (Wildman–Crippen MR) is 73.8 cm³/mol. The average molecular weight is 302 g/mol. The fourth-order valence-corrected chi connectivity index (χ4v) is 2.36. The molecule has 1 atom stereocenters. The van der Waals surface area contributed by atoms with Crippen molar-refractivity contribution in [3.63, 3.8) is 0 Å². The third kappa shape index (κ3) is 3.69. The Morgan fingerprint density at radius 1 is 1.35 bits per heavy atom. The molecule has 112 valence electrons. The van der Waals surface area contributed by atoms with E-state index in [0.29, 0.717) is 5.69 Å². The van der Waals surface area contributed by atoms with Crippen LogP contribution in [0.3, 0.4) is 0 Å². The number of benzene rings is 1. The van der Waals surface area contributed by atoms with Gasteiger partial charge < -0.3 is 15.2 Å². The van der Waals surface area contributed by atoms with Crippen LogP contribution >= 0.6 is 0 Å². The minimum Gasteiger partial charge on any atom is -0.467 e. The van der Waals surface area contributed by atoms with E-state index in [2.05, 4.69) is 10.1 Å². The molecule has 0 amide bonds. The van der Waals surface area contributed by atoms with Gasteiger partial charge in [-0.15, -0.1) is 0 Å². The molecule has 0 spiro atoms. The van der Waals surface area contributed by atoms with Crippen LogP contribution < -0.4 is 5.32 Å². The second kappa shape index (κ2) is 6.69. The number of rotatable bonds is 6. The van der Waals surface area contributed by atoms with Crippen molar-refractivity contribution in [3.8, 4) is 0 Å². The molecule has 1 rings (SSSR count). The fourth-order valence-electron chi connectivity index (χ4n) is 1.46. The number of esters is 1. The number of ether oxygens (including phenoxy) is 1. The lowest BCUT2D eigenvalue weighted by atomic mass is 10.2. The Labute approximate surface area is 118 Å². The molecule has 1 aromatic rings. The predicted octanol–water partition coefficient (Wildman–Crippen LogP) is -0.117. The molecule has 7 nitrogen and oxygen atoms in total. The second-order valence-corrected chi connectivity index (χ2v) is 6.37. The van der Waals surface area contributed by atoms with E-state index in [1.54, 1.807) is 0 Å². The molecule has 0 heterocycles. The summed E-state index contributed by atoms with van der Waals surface area (Å²) in [5, 5.41) is 11.8. The smallest absolute Gasteiger partial charge is 0.330 e. The number of aliphatic hydroxyl groups excluding tert-OH is 1. The van der Waals surface area contributed by atoms with E-state index in [0.717, 1.165) is 4.31 Å². The first-order valence-electron chi connectivity index (χ1n) is 5.80. The molecule has 0 saturated carbocycles. The normalized spacial score (nSPS) is 13.1. The first-order valence-corrected chi connectivity index (χ1v) is 7.24. The number of carbonyl (C=O) groups excluding carboxylic acids is 1. The van der Waals surface area contributed by atoms with Gasteiger partial charge in [-0.05, 0) is 24.3 Å². The number of anilines is 1. The van der Waals surface area contributed by atoms with E-state index in [-0.39, 0.29) is 4.90 Å². The van der Waals surface area contributed by atoms with Crippen LogP contribution in [0.2, 0.25) is 0 Å². The van der Waals surface area contributed by atoms with Gasteiger partial charge in [-0.1, -0.05) is 0 Å². The van der Waals surface area contributed by atoms with Crippen molar-refractivity contribution in [3.05, 3.63) is 24.3 Å². The molecule has 0 aliphatic carbocycles. The molecule has 1 aromatic carbocycles. The summed E-state index contributed by atoms with van der Waals surface area (Å²) in [5.74, 6) is -0.600. The Hall–Kier alpha value is -1.64. The lowest BCUT2D eigenvalue weighted by Gasteiger charge is -2.16. The molecule has 0 bridgehead atoms. The molecule has 0 saturated heterocycles. The lowest BCUT2D eigenvalue weighted by molar-refractivity contribution is -0.142. The van der Waals surface area contributed by atoms with Crippen LogP contribution in [-0.2, 0) is 19.6 Å². The second-order valence-electron chi connectivity index (χ2n) is 4.21. The number of methoxy groups -OCH3 is 1. The van der Waals surface area contributed by atoms with Crippen molar-refractivity contribution < 1.29 is 23.1 Å². The van der Waals surface area contributed by atoms with Crippen LogP contribution in [0.1, 0.15) is 0 Å². The molecule has 0 fully saturated rings. The van der Waals surface area contributed by atoms with E-state index in [4.69, 9.17) is 5.11 Å². The number of hydrogen-bond donors (Lipinski definition) is 2. The summed E-state index contributed by atoms with van der Waals surface area (Å²) in [6, 6.07) is 4.98. The monoisotopic (exact) mass is 302 g/mol. The highest BCUT2D eigenvalue weighted by molar-refractivity contribution is 7.89. The Balaban J connectivity index is 2.90. The third-order valence-corrected chi connectivity index (χ3v) is 4.47. The highest BCUT2D eigenvalue weighted by Gasteiger charge is 2.19. The van der Waals surface area contributed by atoms with Crippen molar-refractivity contribution in [1.82, 2.24) is 4.31 Å². The maximum Gasteiger partial charge on any atom is 0.330 e. The standard InChI is InChI=1S/C12H18N2O5S/c1-14(2)20(17,18)10-6-4-9(5-7-10)13-11(8-15)12(16)19-3/h4-7,11,13,15H,8H2,1-3H3. The molecule has 0 aliphatic heterocycles. The van der Waals surface area contributed by atoms with Crippen molar-refractivity contribution in [2.75, 3.05) is 33.1 Å². The molecule has 2 N–H and O–H groups in total. The van der Waals surface area contributed by atoms with E-state index >= 15 is 0 Å². The number of nitrogens with one attached hydrogen (secondary N) is 1. The molecule has 0 aromatic heterocycles. The minimum atomic E-state index is -3.48. The quantitative estimate of drug-likeness (QED) is 0.711. The minimum absolute atomic E-state index is 0.145. The van der Waals surface area contributed by atoms with Gasteiger partial charge in [-0.25, -0.2) is 17.5 Å². The Morgan fingerprint density at radius 3 is 2.30 bits per heavy atom. The summed E-state index contributed by atoms with van der Waals surface area (Å²) in [4.78, 5) is 11.5. The zero-order chi connectivity index (χ0) is 15.3. The molecule has 0 aliphatic rings. The number of hydrogen-bond acceptors (Lipinski definition) is 6. The maximum atomic E-state index is 11.9. The molecule has 1 unspecified atom stereocenters. The van der Waals surface area contributed by atoms with Gasteiger partial charge in [0.05, 0.1) is 18.6 Å². The SMILES string of the molecule is COC(=O)C(CO)Nc1ccc(S(=O)(=O)N(C)C)cc1. The van der Waals surface area contributed by atoms with Crippen LogP contribution in [0.5, 0.6) is 0 Å². The van der Waals surface area contributed by atoms with Crippen molar-refractivity contribution in [2.45, 2.75) is 10.9 Å². The Kier molecular flexibility index (Phi) is 5.49. The Bertz CT molecular complexity index is 554. The highest BCUT2D eigenvalue weighted by Crippen LogP contribution is 2.17. The first kappa shape index (κ1) is 16.4. The molecule has 0 radical (unpaired) electrons. The van der Waals surface area contributed by atoms with Gasteiger partial charge in [0.15, 0.2) is 0 Å². The summed E-state index contributed by atoms with van der Waals surface area (Å²) < 4.78 is 29.4. The average Bonchev–Trinajstić information content (AvgIpc) is 2.44. The van der Waals surface area contributed by atoms with Crippen molar-refractivity contribution >= 4 is 21.7 Å². The topological polar surface area (TPSA) is 95.9 Å². The van der Waals surface area contributed by atoms with Gasteiger partial charge in [-0.3, -0.25) is 0 Å². The molecular weight excluding hydrogens is 284 g/mol. The highest BCUT2D eigenvalue weighted by atomic mass is 32.2. The Morgan fingerprint density at radius 2 is 1.90 bits per heavy atom. The molecule has 8 heteroatoms. The van der Waals surface area contributed by atoms with Gasteiger partial charge in [0.25, 0.3) is 0 Å². The number of carbonyl (C=O) groups is 1. The molecule has 20 heavy (non-hydrogen) atoms. The number of sulfonamides is 1. The molecular formula is C12H18N2O5S. The van der Waals surface area contributed by atoms with Crippen LogP contribution in [0.4, 0.5) is 5.69 Å². The van der Waals surface area contributed by atoms with Crippen LogP contribution in [-0.4, -0.2) is 57.7 Å². The van der Waals surface area contributed by atoms with E-state index in [1.165, 1.54) is 45.5 Å². The summed E-state index contributed by atoms with van der Waals surface area (Å²) in [5.41, 5.74) is 0.507. The van der Waals surface area contributed by atoms with Crippen LogP contribution in [0.15, 0.2) is 29.2 Å². The van der Waals surface area contributed by atoms with Gasteiger partial charge in [0.1, 0.15) is 6.04 Å². The largest absolute Gasteiger partial charge is 0.467 e. The van der Waals surface area contributed by atoms with E-state index < -0.39 is 28.6 Å². The fraction of sp³-hybridized carbons (Fsp3) is 0.417. The van der Waals surface area contributed by atoms with Gasteiger partial charge in [0.2, 0.25) is 10.0 Å². The van der Waals surface area contributed by atoms with Gasteiger partial charge in [-0.2, -0.15) is 0 Å². The van der Waals surface area contributed by atoms with Gasteiger partial charge in [0, 0.05) is 19.8 Å². The third-order valence-electron chi connectivity index (χ3n) is 2.64. The van der Waals surface area contributed by atoms with Crippen molar-refractivity contribution in [1.29, 1.82) is 0 Å². The van der Waals surface area contributed by atoms with Crippen LogP contribution in [0, 0.1) is 0 Å². The number of aliphatic hydroxyl groups is 1. The summed E-state index contributed by atoms with van der Waals surface area (Å²) in [6.45, 7) is -0.426. The summed E-state index contributed by atoms with van der Waals surface area (Å²) in [7, 11) is 0.627. The zero-order valence-corrected chi connectivity index (χ0v) is 12.3. The zero-order valence-electron chi connectivity index (χ0n) is 11.5. The summed E-state index contributed by atoms with van der Waals surface area (Å²) >= 11 is 0. The van der Waals surface area contributed by atoms with E-state index in [9.17, 15) is 13.2 Å². The van der Waals surface area contributed by atoms with Crippen LogP contribution in [0.25, 0.3) is 0 Å². The van der Waals surface area contributed by atoms with Crippen molar-refractivity contribution in [2.24, 2.45) is 0 Å². The number of nitrogens with zero attached hydrogens (tertiary/aromatic N) is 1.